The van der Waals surface area contributed by atoms with Crippen LogP contribution in [0.2, 0.25) is 0 Å². The number of benzene rings is 1. The molecule has 0 heterocycles. The Balaban J connectivity index is 2.13. The molecule has 0 bridgehead atoms. The van der Waals surface area contributed by atoms with E-state index in [4.69, 9.17) is 0 Å². The predicted octanol–water partition coefficient (Wildman–Crippen LogP) is 3.91. The molecule has 0 aliphatic heterocycles. The van der Waals surface area contributed by atoms with Crippen LogP contribution < -0.4 is 5.32 Å². The van der Waals surface area contributed by atoms with Gasteiger partial charge in [-0.05, 0) is 65.7 Å². The molecule has 1 aliphatic rings. The topological polar surface area (TPSA) is 12.0 Å². The fourth-order valence-electron chi connectivity index (χ4n) is 2.87. The molecule has 2 rings (SSSR count). The van der Waals surface area contributed by atoms with Gasteiger partial charge in [-0.25, -0.2) is 4.39 Å². The molecule has 0 saturated heterocycles. The highest BCUT2D eigenvalue weighted by Gasteiger charge is 2.34. The molecule has 1 aromatic rings. The quantitative estimate of drug-likeness (QED) is 0.892. The molecule has 0 amide bonds. The lowest BCUT2D eigenvalue weighted by Gasteiger charge is -2.25. The zero-order valence-corrected chi connectivity index (χ0v) is 12.0. The van der Waals surface area contributed by atoms with Gasteiger partial charge in [-0.15, -0.1) is 0 Å². The van der Waals surface area contributed by atoms with E-state index >= 15 is 0 Å². The first-order valence-electron chi connectivity index (χ1n) is 6.14. The Morgan fingerprint density at radius 3 is 2.94 bits per heavy atom. The number of halogens is 2. The number of hydrogen-bond acceptors (Lipinski definition) is 1. The maximum Gasteiger partial charge on any atom is 0.137 e. The van der Waals surface area contributed by atoms with Crippen molar-refractivity contribution < 1.29 is 4.39 Å². The monoisotopic (exact) mass is 299 g/mol. The van der Waals surface area contributed by atoms with E-state index in [1.165, 1.54) is 25.3 Å². The highest BCUT2D eigenvalue weighted by molar-refractivity contribution is 9.10. The normalized spacial score (nSPS) is 28.6. The van der Waals surface area contributed by atoms with Crippen LogP contribution in [0.1, 0.15) is 31.7 Å². The van der Waals surface area contributed by atoms with Gasteiger partial charge in [0.25, 0.3) is 0 Å². The Morgan fingerprint density at radius 1 is 1.53 bits per heavy atom. The maximum atomic E-state index is 13.5. The zero-order valence-electron chi connectivity index (χ0n) is 10.4. The van der Waals surface area contributed by atoms with Gasteiger partial charge >= 0.3 is 0 Å². The summed E-state index contributed by atoms with van der Waals surface area (Å²) in [4.78, 5) is 0. The van der Waals surface area contributed by atoms with Crippen LogP contribution >= 0.6 is 15.9 Å². The lowest BCUT2D eigenvalue weighted by molar-refractivity contribution is 0.323. The first-order chi connectivity index (χ1) is 8.04. The van der Waals surface area contributed by atoms with E-state index in [1.807, 2.05) is 13.1 Å². The largest absolute Gasteiger partial charge is 0.317 e. The van der Waals surface area contributed by atoms with Gasteiger partial charge in [0.2, 0.25) is 0 Å². The van der Waals surface area contributed by atoms with Crippen LogP contribution in [0, 0.1) is 11.2 Å². The van der Waals surface area contributed by atoms with Crippen molar-refractivity contribution in [2.75, 3.05) is 7.05 Å². The molecule has 94 valence electrons. The standard InChI is InChI=1S/C14H19BrFN/c1-14(7-6-11(9-14)17-2)8-10-4-3-5-12(16)13(10)15/h3-5,11,17H,6-9H2,1-2H3. The van der Waals surface area contributed by atoms with Crippen molar-refractivity contribution in [3.63, 3.8) is 0 Å². The Bertz CT molecular complexity index is 407. The molecule has 0 aromatic heterocycles. The first-order valence-corrected chi connectivity index (χ1v) is 6.93. The summed E-state index contributed by atoms with van der Waals surface area (Å²) in [5.41, 5.74) is 1.38. The van der Waals surface area contributed by atoms with Crippen molar-refractivity contribution in [2.24, 2.45) is 5.41 Å². The van der Waals surface area contributed by atoms with E-state index in [0.717, 1.165) is 12.0 Å². The van der Waals surface area contributed by atoms with E-state index in [2.05, 4.69) is 28.2 Å². The molecule has 2 unspecified atom stereocenters. The van der Waals surface area contributed by atoms with Gasteiger partial charge in [-0.1, -0.05) is 19.1 Å². The molecule has 1 aromatic carbocycles. The molecule has 3 heteroatoms. The summed E-state index contributed by atoms with van der Waals surface area (Å²) in [6, 6.07) is 5.93. The molecular formula is C14H19BrFN. The fourth-order valence-corrected chi connectivity index (χ4v) is 3.28. The van der Waals surface area contributed by atoms with E-state index in [-0.39, 0.29) is 5.82 Å². The van der Waals surface area contributed by atoms with Crippen LogP contribution in [0.4, 0.5) is 4.39 Å². The van der Waals surface area contributed by atoms with Crippen molar-refractivity contribution >= 4 is 15.9 Å². The van der Waals surface area contributed by atoms with Crippen LogP contribution in [-0.2, 0) is 6.42 Å². The minimum absolute atomic E-state index is 0.158. The van der Waals surface area contributed by atoms with Gasteiger partial charge in [-0.3, -0.25) is 0 Å². The Kier molecular flexibility index (Phi) is 3.88. The molecule has 2 atom stereocenters. The molecule has 1 nitrogen and oxygen atoms in total. The second-order valence-electron chi connectivity index (χ2n) is 5.43. The summed E-state index contributed by atoms with van der Waals surface area (Å²) >= 11 is 3.35. The predicted molar refractivity (Wildman–Crippen MR) is 72.6 cm³/mol. The van der Waals surface area contributed by atoms with Gasteiger partial charge in [-0.2, -0.15) is 0 Å². The Labute approximate surface area is 111 Å². The maximum absolute atomic E-state index is 13.5. The molecule has 0 spiro atoms. The molecule has 1 saturated carbocycles. The Hall–Kier alpha value is -0.410. The highest BCUT2D eigenvalue weighted by Crippen LogP contribution is 2.41. The van der Waals surface area contributed by atoms with Gasteiger partial charge < -0.3 is 5.32 Å². The van der Waals surface area contributed by atoms with Gasteiger partial charge in [0.15, 0.2) is 0 Å². The summed E-state index contributed by atoms with van der Waals surface area (Å²) < 4.78 is 14.1. The molecule has 1 N–H and O–H groups in total. The van der Waals surface area contributed by atoms with E-state index in [0.29, 0.717) is 15.9 Å². The minimum Gasteiger partial charge on any atom is -0.317 e. The van der Waals surface area contributed by atoms with Gasteiger partial charge in [0.05, 0.1) is 4.47 Å². The first kappa shape index (κ1) is 13.0. The van der Waals surface area contributed by atoms with Crippen molar-refractivity contribution in [3.8, 4) is 0 Å². The number of nitrogens with one attached hydrogen (secondary N) is 1. The van der Waals surface area contributed by atoms with E-state index < -0.39 is 0 Å². The summed E-state index contributed by atoms with van der Waals surface area (Å²) in [6.07, 6.45) is 4.55. The third-order valence-corrected chi connectivity index (χ3v) is 4.78. The van der Waals surface area contributed by atoms with Crippen molar-refractivity contribution in [2.45, 2.75) is 38.6 Å². The average Bonchev–Trinajstić information content (AvgIpc) is 2.67. The van der Waals surface area contributed by atoms with Crippen molar-refractivity contribution in [1.29, 1.82) is 0 Å². The van der Waals surface area contributed by atoms with Crippen LogP contribution in [0.3, 0.4) is 0 Å². The molecule has 1 aliphatic carbocycles. The van der Waals surface area contributed by atoms with Crippen LogP contribution in [0.5, 0.6) is 0 Å². The lowest BCUT2D eigenvalue weighted by atomic mass is 9.82. The van der Waals surface area contributed by atoms with Crippen LogP contribution in [0.15, 0.2) is 22.7 Å². The summed E-state index contributed by atoms with van der Waals surface area (Å²) in [6.45, 7) is 2.31. The van der Waals surface area contributed by atoms with E-state index in [9.17, 15) is 4.39 Å². The third kappa shape index (κ3) is 2.89. The van der Waals surface area contributed by atoms with Crippen molar-refractivity contribution in [1.82, 2.24) is 5.32 Å². The molecule has 0 radical (unpaired) electrons. The van der Waals surface area contributed by atoms with E-state index in [1.54, 1.807) is 6.07 Å². The molecular weight excluding hydrogens is 281 g/mol. The van der Waals surface area contributed by atoms with Crippen LogP contribution in [0.25, 0.3) is 0 Å². The molecule has 17 heavy (non-hydrogen) atoms. The summed E-state index contributed by atoms with van der Waals surface area (Å²) in [7, 11) is 2.02. The van der Waals surface area contributed by atoms with Crippen LogP contribution in [-0.4, -0.2) is 13.1 Å². The van der Waals surface area contributed by atoms with Crippen molar-refractivity contribution in [3.05, 3.63) is 34.1 Å². The average molecular weight is 300 g/mol. The second-order valence-corrected chi connectivity index (χ2v) is 6.22. The SMILES string of the molecule is CNC1CCC(C)(Cc2cccc(F)c2Br)C1. The van der Waals surface area contributed by atoms with Gasteiger partial charge in [0.1, 0.15) is 5.82 Å². The summed E-state index contributed by atoms with van der Waals surface area (Å²) in [5, 5.41) is 3.35. The second kappa shape index (κ2) is 5.07. The van der Waals surface area contributed by atoms with Gasteiger partial charge in [0, 0.05) is 6.04 Å². The zero-order chi connectivity index (χ0) is 12.5. The lowest BCUT2D eigenvalue weighted by Crippen LogP contribution is -2.24. The number of rotatable bonds is 3. The smallest absolute Gasteiger partial charge is 0.137 e. The minimum atomic E-state index is -0.158. The molecule has 1 fully saturated rings. The Morgan fingerprint density at radius 2 is 2.29 bits per heavy atom. The fraction of sp³-hybridized carbons (Fsp3) is 0.571. The summed E-state index contributed by atoms with van der Waals surface area (Å²) in [5.74, 6) is -0.158. The third-order valence-electron chi connectivity index (χ3n) is 3.89. The highest BCUT2D eigenvalue weighted by atomic mass is 79.9. The number of hydrogen-bond donors (Lipinski definition) is 1.